The van der Waals surface area contributed by atoms with Gasteiger partial charge in [-0.3, -0.25) is 19.3 Å². The Balaban J connectivity index is 0.000000312. The van der Waals surface area contributed by atoms with Crippen LogP contribution in [0.5, 0.6) is 11.5 Å². The van der Waals surface area contributed by atoms with Gasteiger partial charge in [0.2, 0.25) is 5.75 Å². The Bertz CT molecular complexity index is 1410. The highest BCUT2D eigenvalue weighted by Crippen LogP contribution is 2.32. The predicted octanol–water partition coefficient (Wildman–Crippen LogP) is 4.78. The zero-order valence-electron chi connectivity index (χ0n) is 22.2. The van der Waals surface area contributed by atoms with Gasteiger partial charge in [0.15, 0.2) is 12.0 Å². The van der Waals surface area contributed by atoms with Gasteiger partial charge in [-0.2, -0.15) is 4.98 Å². The maximum atomic E-state index is 13.1. The van der Waals surface area contributed by atoms with E-state index >= 15 is 0 Å². The zero-order chi connectivity index (χ0) is 28.8. The summed E-state index contributed by atoms with van der Waals surface area (Å²) in [6, 6.07) is 12.7. The maximum Gasteiger partial charge on any atom is 0.315 e. The molecular formula is C28H30Cl2N4O5S. The van der Waals surface area contributed by atoms with Crippen LogP contribution in [0.15, 0.2) is 52.2 Å². The van der Waals surface area contributed by atoms with Crippen LogP contribution in [0.25, 0.3) is 0 Å². The highest BCUT2D eigenvalue weighted by atomic mass is 35.5. The van der Waals surface area contributed by atoms with Crippen molar-refractivity contribution in [1.29, 1.82) is 0 Å². The van der Waals surface area contributed by atoms with E-state index in [0.29, 0.717) is 53.1 Å². The van der Waals surface area contributed by atoms with Gasteiger partial charge in [0.1, 0.15) is 11.6 Å². The highest BCUT2D eigenvalue weighted by molar-refractivity contribution is 7.99. The summed E-state index contributed by atoms with van der Waals surface area (Å²) in [5, 5.41) is 11.1. The molecule has 0 aliphatic carbocycles. The largest absolute Gasteiger partial charge is 0.501 e. The fraction of sp³-hybridized carbons (Fsp3) is 0.357. The molecule has 1 unspecified atom stereocenters. The minimum absolute atomic E-state index is 0.00188. The Hall–Kier alpha value is -3.05. The number of aromatic hydroxyl groups is 1. The van der Waals surface area contributed by atoms with Crippen molar-refractivity contribution in [2.24, 2.45) is 0 Å². The van der Waals surface area contributed by atoms with Gasteiger partial charge in [-0.15, -0.1) is 11.8 Å². The van der Waals surface area contributed by atoms with Crippen LogP contribution in [0.3, 0.4) is 0 Å². The van der Waals surface area contributed by atoms with E-state index in [-0.39, 0.29) is 17.6 Å². The second-order valence-corrected chi connectivity index (χ2v) is 11.3. The molecule has 1 saturated heterocycles. The van der Waals surface area contributed by atoms with Gasteiger partial charge in [0, 0.05) is 30.3 Å². The van der Waals surface area contributed by atoms with Crippen molar-refractivity contribution in [3.63, 3.8) is 0 Å². The van der Waals surface area contributed by atoms with Gasteiger partial charge in [-0.05, 0) is 62.8 Å². The number of amides is 1. The molecule has 3 heterocycles. The topological polar surface area (TPSA) is 105 Å². The van der Waals surface area contributed by atoms with Crippen LogP contribution in [-0.4, -0.2) is 76.2 Å². The van der Waals surface area contributed by atoms with Gasteiger partial charge in [-0.1, -0.05) is 29.3 Å². The summed E-state index contributed by atoms with van der Waals surface area (Å²) in [6.07, 6.45) is 2.56. The number of aromatic nitrogens is 2. The van der Waals surface area contributed by atoms with Crippen LogP contribution < -0.4 is 10.3 Å². The Kier molecular flexibility index (Phi) is 10.1. The number of halogens is 2. The number of benzene rings is 2. The number of carbonyl (C=O) groups excluding carboxylic acids is 2. The molecule has 0 radical (unpaired) electrons. The van der Waals surface area contributed by atoms with E-state index in [1.807, 2.05) is 31.3 Å². The number of aldehydes is 1. The fourth-order valence-electron chi connectivity index (χ4n) is 4.75. The van der Waals surface area contributed by atoms with E-state index in [1.165, 1.54) is 0 Å². The lowest BCUT2D eigenvalue weighted by Gasteiger charge is -2.33. The molecule has 3 aromatic rings. The minimum atomic E-state index is -0.723. The third-order valence-electron chi connectivity index (χ3n) is 6.90. The second-order valence-electron chi connectivity index (χ2n) is 9.33. The number of carbonyl (C=O) groups is 2. The third-order valence-corrected chi connectivity index (χ3v) is 8.55. The minimum Gasteiger partial charge on any atom is -0.501 e. The summed E-state index contributed by atoms with van der Waals surface area (Å²) in [6.45, 7) is 2.51. The molecule has 1 fully saturated rings. The van der Waals surface area contributed by atoms with Crippen molar-refractivity contribution in [2.75, 3.05) is 39.5 Å². The third kappa shape index (κ3) is 6.63. The van der Waals surface area contributed by atoms with Gasteiger partial charge < -0.3 is 19.3 Å². The first-order valence-corrected chi connectivity index (χ1v) is 14.5. The Morgan fingerprint density at radius 1 is 1.10 bits per heavy atom. The Morgan fingerprint density at radius 3 is 2.38 bits per heavy atom. The molecule has 1 amide bonds. The Labute approximate surface area is 246 Å². The van der Waals surface area contributed by atoms with Gasteiger partial charge in [0.25, 0.3) is 5.91 Å². The lowest BCUT2D eigenvalue weighted by molar-refractivity contribution is 0.0702. The molecule has 0 bridgehead atoms. The van der Waals surface area contributed by atoms with E-state index in [0.717, 1.165) is 30.0 Å². The van der Waals surface area contributed by atoms with Crippen molar-refractivity contribution in [3.05, 3.63) is 79.9 Å². The molecule has 0 saturated carbocycles. The van der Waals surface area contributed by atoms with Crippen LogP contribution in [-0.2, 0) is 6.54 Å². The number of nitrogens with zero attached hydrogens (tertiary/aromatic N) is 4. The summed E-state index contributed by atoms with van der Waals surface area (Å²) in [5.41, 5.74) is -0.295. The summed E-state index contributed by atoms with van der Waals surface area (Å²) < 4.78 is 6.92. The fourth-order valence-corrected chi connectivity index (χ4v) is 6.11. The van der Waals surface area contributed by atoms with E-state index in [2.05, 4.69) is 9.88 Å². The summed E-state index contributed by atoms with van der Waals surface area (Å²) in [7, 11) is 3.63. The zero-order valence-corrected chi connectivity index (χ0v) is 24.5. The van der Waals surface area contributed by atoms with Crippen LogP contribution >= 0.6 is 35.0 Å². The summed E-state index contributed by atoms with van der Waals surface area (Å²) in [4.78, 5) is 44.7. The van der Waals surface area contributed by atoms with E-state index in [4.69, 9.17) is 27.9 Å². The number of hydrogen-bond acceptors (Lipinski definition) is 8. The average molecular weight is 606 g/mol. The molecule has 212 valence electrons. The molecule has 5 rings (SSSR count). The predicted molar refractivity (Wildman–Crippen MR) is 156 cm³/mol. The number of fused-ring (bicyclic) bond motifs is 1. The summed E-state index contributed by atoms with van der Waals surface area (Å²) >= 11 is 12.9. The quantitative estimate of drug-likeness (QED) is 0.303. The van der Waals surface area contributed by atoms with Crippen molar-refractivity contribution in [1.82, 2.24) is 19.4 Å². The molecule has 1 aromatic heterocycles. The lowest BCUT2D eigenvalue weighted by Crippen LogP contribution is -2.44. The van der Waals surface area contributed by atoms with Crippen LogP contribution in [0.1, 0.15) is 45.6 Å². The van der Waals surface area contributed by atoms with Crippen molar-refractivity contribution >= 4 is 47.2 Å². The average Bonchev–Trinajstić information content (AvgIpc) is 3.38. The normalized spacial score (nSPS) is 16.8. The first-order valence-electron chi connectivity index (χ1n) is 12.7. The van der Waals surface area contributed by atoms with Gasteiger partial charge in [0.05, 0.1) is 28.8 Å². The standard InChI is InChI=1S/C21H26N4O4S.C7H4Cl2O/c1-23-9-3-4-16(23)19-22-20(27)18(26)17-21(28)24(10-11-25(17)19)12-13-30-15-7-5-14(29-2)6-8-15;8-6-2-1-3-7(9)5(6)4-10/h5-8,16,26H,3-4,9-13H2,1-2H3;1-4H. The van der Waals surface area contributed by atoms with Gasteiger partial charge in [-0.25, -0.2) is 0 Å². The SMILES string of the molecule is COc1ccc(SCCN2CCn3c(C4CCCN4C)nc(=O)c(O)c3C2=O)cc1.O=Cc1c(Cl)cccc1Cl. The number of rotatable bonds is 7. The Morgan fingerprint density at radius 2 is 1.80 bits per heavy atom. The van der Waals surface area contributed by atoms with E-state index in [1.54, 1.807) is 46.5 Å². The van der Waals surface area contributed by atoms with Crippen molar-refractivity contribution < 1.29 is 19.4 Å². The summed E-state index contributed by atoms with van der Waals surface area (Å²) in [5.74, 6) is 1.26. The first-order chi connectivity index (χ1) is 19.2. The number of likely N-dealkylation sites (tertiary alicyclic amines) is 1. The molecule has 2 aromatic carbocycles. The number of hydrogen-bond donors (Lipinski definition) is 1. The number of thioether (sulfide) groups is 1. The van der Waals surface area contributed by atoms with E-state index in [9.17, 15) is 19.5 Å². The highest BCUT2D eigenvalue weighted by Gasteiger charge is 2.35. The number of ether oxygens (including phenoxy) is 1. The molecule has 0 spiro atoms. The number of methoxy groups -OCH3 is 1. The molecule has 40 heavy (non-hydrogen) atoms. The molecule has 2 aliphatic heterocycles. The second kappa shape index (κ2) is 13.5. The molecule has 1 N–H and O–H groups in total. The van der Waals surface area contributed by atoms with Crippen LogP contribution in [0.2, 0.25) is 10.0 Å². The monoisotopic (exact) mass is 604 g/mol. The molecule has 12 heteroatoms. The van der Waals surface area contributed by atoms with Crippen molar-refractivity contribution in [3.8, 4) is 11.5 Å². The van der Waals surface area contributed by atoms with E-state index < -0.39 is 11.3 Å². The first kappa shape index (κ1) is 29.9. The molecule has 2 aliphatic rings. The van der Waals surface area contributed by atoms with Crippen molar-refractivity contribution in [2.45, 2.75) is 30.3 Å². The van der Waals surface area contributed by atoms with Crippen LogP contribution in [0.4, 0.5) is 0 Å². The van der Waals surface area contributed by atoms with Crippen LogP contribution in [0, 0.1) is 0 Å². The molecule has 1 atom stereocenters. The molecule has 9 nitrogen and oxygen atoms in total. The lowest BCUT2D eigenvalue weighted by atomic mass is 10.1. The smallest absolute Gasteiger partial charge is 0.315 e. The molecular weight excluding hydrogens is 575 g/mol. The van der Waals surface area contributed by atoms with Gasteiger partial charge >= 0.3 is 5.56 Å². The maximum absolute atomic E-state index is 13.1.